The summed E-state index contributed by atoms with van der Waals surface area (Å²) in [7, 11) is 1.51. The Morgan fingerprint density at radius 3 is 2.72 bits per heavy atom. The van der Waals surface area contributed by atoms with Gasteiger partial charge in [-0.05, 0) is 31.9 Å². The number of halogens is 1. The molecule has 7 heteroatoms. The number of aryl methyl sites for hydroxylation is 2. The van der Waals surface area contributed by atoms with Gasteiger partial charge in [-0.25, -0.2) is 4.85 Å². The fourth-order valence-corrected chi connectivity index (χ4v) is 2.67. The molecule has 2 rings (SSSR count). The van der Waals surface area contributed by atoms with Gasteiger partial charge in [0.2, 0.25) is 0 Å². The van der Waals surface area contributed by atoms with Crippen LogP contribution in [-0.4, -0.2) is 21.7 Å². The van der Waals surface area contributed by atoms with Gasteiger partial charge in [0, 0.05) is 7.05 Å². The lowest BCUT2D eigenvalue weighted by molar-refractivity contribution is -0.122. The largest absolute Gasteiger partial charge is 0.503 e. The highest BCUT2D eigenvalue weighted by Gasteiger charge is 2.25. The molecule has 1 aromatic carbocycles. The maximum absolute atomic E-state index is 12.6. The number of aromatic nitrogens is 1. The van der Waals surface area contributed by atoms with Crippen molar-refractivity contribution in [3.05, 3.63) is 45.9 Å². The minimum absolute atomic E-state index is 0.0817. The molecule has 0 aliphatic heterocycles. The van der Waals surface area contributed by atoms with Crippen molar-refractivity contribution in [1.29, 1.82) is 0 Å². The van der Waals surface area contributed by atoms with E-state index in [1.165, 1.54) is 11.6 Å². The highest BCUT2D eigenvalue weighted by Crippen LogP contribution is 2.43. The van der Waals surface area contributed by atoms with E-state index in [-0.39, 0.29) is 22.4 Å². The van der Waals surface area contributed by atoms with E-state index in [4.69, 9.17) is 22.9 Å². The van der Waals surface area contributed by atoms with Gasteiger partial charge in [0.05, 0.1) is 12.3 Å². The van der Waals surface area contributed by atoms with E-state index >= 15 is 0 Å². The summed E-state index contributed by atoms with van der Waals surface area (Å²) in [6.45, 7) is 12.9. The third kappa shape index (κ3) is 3.72. The molecule has 1 aromatic heterocycles. The number of ether oxygens (including phenoxy) is 1. The average Bonchev–Trinajstić information content (AvgIpc) is 2.78. The Labute approximate surface area is 151 Å². The maximum atomic E-state index is 12.6. The minimum atomic E-state index is -0.751. The van der Waals surface area contributed by atoms with Crippen LogP contribution in [0.25, 0.3) is 4.85 Å². The summed E-state index contributed by atoms with van der Waals surface area (Å²) in [5, 5.41) is 12.6. The van der Waals surface area contributed by atoms with Crippen LogP contribution in [0.4, 0.5) is 11.4 Å². The monoisotopic (exact) mass is 361 g/mol. The summed E-state index contributed by atoms with van der Waals surface area (Å²) in [6.07, 6.45) is -0.318. The van der Waals surface area contributed by atoms with Crippen LogP contribution in [0.1, 0.15) is 24.5 Å². The van der Waals surface area contributed by atoms with Gasteiger partial charge in [0.1, 0.15) is 10.9 Å². The molecular formula is C18H20ClN3O3. The van der Waals surface area contributed by atoms with Gasteiger partial charge in [-0.15, -0.1) is 0 Å². The molecule has 0 radical (unpaired) electrons. The second kappa shape index (κ2) is 7.49. The van der Waals surface area contributed by atoms with Crippen LogP contribution in [0.5, 0.6) is 11.6 Å². The summed E-state index contributed by atoms with van der Waals surface area (Å²) in [6, 6.07) is 5.71. The third-order valence-corrected chi connectivity index (χ3v) is 4.33. The summed E-state index contributed by atoms with van der Waals surface area (Å²) in [5.41, 5.74) is 2.03. The Morgan fingerprint density at radius 2 is 2.16 bits per heavy atom. The Kier molecular flexibility index (Phi) is 5.60. The van der Waals surface area contributed by atoms with E-state index in [2.05, 4.69) is 10.2 Å². The highest BCUT2D eigenvalue weighted by atomic mass is 35.5. The van der Waals surface area contributed by atoms with Gasteiger partial charge in [0.15, 0.2) is 12.0 Å². The van der Waals surface area contributed by atoms with Gasteiger partial charge < -0.3 is 19.7 Å². The molecule has 1 unspecified atom stereocenters. The number of aromatic hydroxyl groups is 1. The van der Waals surface area contributed by atoms with Crippen LogP contribution in [0.2, 0.25) is 5.15 Å². The summed E-state index contributed by atoms with van der Waals surface area (Å²) in [5.74, 6) is -0.0986. The zero-order valence-electron chi connectivity index (χ0n) is 14.6. The van der Waals surface area contributed by atoms with Crippen LogP contribution in [0, 0.1) is 20.4 Å². The molecule has 2 aromatic rings. The lowest BCUT2D eigenvalue weighted by Crippen LogP contribution is -2.32. The number of rotatable bonds is 5. The van der Waals surface area contributed by atoms with Gasteiger partial charge >= 0.3 is 0 Å². The minimum Gasteiger partial charge on any atom is -0.503 e. The molecule has 1 heterocycles. The number of carbonyl (C=O) groups is 1. The smallest absolute Gasteiger partial charge is 0.270 e. The Bertz CT molecular complexity index is 852. The first-order valence-electron chi connectivity index (χ1n) is 7.79. The third-order valence-electron chi connectivity index (χ3n) is 3.89. The average molecular weight is 362 g/mol. The molecule has 1 atom stereocenters. The topological polar surface area (TPSA) is 67.8 Å². The quantitative estimate of drug-likeness (QED) is 0.778. The molecule has 2 N–H and O–H groups in total. The SMILES string of the molecule is [C-]#[N+]c1c(NC(=O)C(CC)Oc2ccc(C)cc2C)c(Cl)n(C)c1O. The van der Waals surface area contributed by atoms with Crippen LogP contribution in [0.15, 0.2) is 18.2 Å². The molecule has 6 nitrogen and oxygen atoms in total. The van der Waals surface area contributed by atoms with Crippen molar-refractivity contribution in [3.8, 4) is 11.6 Å². The molecular weight excluding hydrogens is 342 g/mol. The molecule has 1 amide bonds. The van der Waals surface area contributed by atoms with Gasteiger partial charge in [-0.3, -0.25) is 4.79 Å². The van der Waals surface area contributed by atoms with E-state index in [9.17, 15) is 9.90 Å². The molecule has 132 valence electrons. The molecule has 0 fully saturated rings. The Hall–Kier alpha value is -2.65. The van der Waals surface area contributed by atoms with E-state index < -0.39 is 12.0 Å². The van der Waals surface area contributed by atoms with E-state index in [1.807, 2.05) is 39.0 Å². The lowest BCUT2D eigenvalue weighted by Gasteiger charge is -2.19. The molecule has 0 aliphatic carbocycles. The number of benzene rings is 1. The van der Waals surface area contributed by atoms with Crippen molar-refractivity contribution in [1.82, 2.24) is 4.57 Å². The van der Waals surface area contributed by atoms with Crippen LogP contribution >= 0.6 is 11.6 Å². The fraction of sp³-hybridized carbons (Fsp3) is 0.333. The Balaban J connectivity index is 2.24. The summed E-state index contributed by atoms with van der Waals surface area (Å²) in [4.78, 5) is 15.8. The van der Waals surface area contributed by atoms with Crippen molar-refractivity contribution in [2.75, 3.05) is 5.32 Å². The zero-order valence-corrected chi connectivity index (χ0v) is 15.3. The molecule has 0 bridgehead atoms. The molecule has 0 aliphatic rings. The molecule has 0 saturated carbocycles. The predicted octanol–water partition coefficient (Wildman–Crippen LogP) is 4.35. The number of hydrogen-bond acceptors (Lipinski definition) is 3. The number of hydrogen-bond donors (Lipinski definition) is 2. The predicted molar refractivity (Wildman–Crippen MR) is 97.6 cm³/mol. The second-order valence-electron chi connectivity index (χ2n) is 5.78. The van der Waals surface area contributed by atoms with Crippen LogP contribution in [-0.2, 0) is 11.8 Å². The number of carbonyl (C=O) groups excluding carboxylic acids is 1. The Morgan fingerprint density at radius 1 is 1.48 bits per heavy atom. The number of nitrogens with one attached hydrogen (secondary N) is 1. The van der Waals surface area contributed by atoms with Crippen molar-refractivity contribution >= 4 is 28.9 Å². The van der Waals surface area contributed by atoms with E-state index in [0.717, 1.165) is 11.1 Å². The number of anilines is 1. The first-order valence-corrected chi connectivity index (χ1v) is 8.17. The van der Waals surface area contributed by atoms with Crippen molar-refractivity contribution in [3.63, 3.8) is 0 Å². The first kappa shape index (κ1) is 18.7. The zero-order chi connectivity index (χ0) is 18.7. The van der Waals surface area contributed by atoms with Crippen LogP contribution in [0.3, 0.4) is 0 Å². The highest BCUT2D eigenvalue weighted by molar-refractivity contribution is 6.34. The number of amides is 1. The molecule has 0 spiro atoms. The fourth-order valence-electron chi connectivity index (χ4n) is 2.46. The maximum Gasteiger partial charge on any atom is 0.270 e. The lowest BCUT2D eigenvalue weighted by atomic mass is 10.1. The van der Waals surface area contributed by atoms with Crippen LogP contribution < -0.4 is 10.1 Å². The van der Waals surface area contributed by atoms with E-state index in [0.29, 0.717) is 12.2 Å². The summed E-state index contributed by atoms with van der Waals surface area (Å²) < 4.78 is 7.06. The standard InChI is InChI=1S/C18H20ClN3O3/c1-6-12(25-13-8-7-10(2)9-11(13)3)17(23)21-14-15(20-4)18(24)22(5)16(14)19/h7-9,12,24H,6H2,1-3,5H3,(H,21,23). The van der Waals surface area contributed by atoms with E-state index in [1.54, 1.807) is 0 Å². The molecule has 25 heavy (non-hydrogen) atoms. The van der Waals surface area contributed by atoms with Gasteiger partial charge in [-0.1, -0.05) is 36.2 Å². The second-order valence-corrected chi connectivity index (χ2v) is 6.14. The van der Waals surface area contributed by atoms with Gasteiger partial charge in [0.25, 0.3) is 11.6 Å². The molecule has 0 saturated heterocycles. The van der Waals surface area contributed by atoms with Crippen molar-refractivity contribution < 1.29 is 14.6 Å². The summed E-state index contributed by atoms with van der Waals surface area (Å²) >= 11 is 6.10. The van der Waals surface area contributed by atoms with Gasteiger partial charge in [-0.2, -0.15) is 0 Å². The van der Waals surface area contributed by atoms with Crippen molar-refractivity contribution in [2.24, 2.45) is 7.05 Å². The normalized spacial score (nSPS) is 11.7. The first-order chi connectivity index (χ1) is 11.8. The number of nitrogens with zero attached hydrogens (tertiary/aromatic N) is 2. The van der Waals surface area contributed by atoms with Crippen molar-refractivity contribution in [2.45, 2.75) is 33.3 Å².